The maximum atomic E-state index is 10.8. The van der Waals surface area contributed by atoms with E-state index in [2.05, 4.69) is 4.90 Å². The molecule has 3 rings (SSSR count). The number of piperidine rings is 1. The van der Waals surface area contributed by atoms with Gasteiger partial charge in [-0.1, -0.05) is 30.3 Å². The van der Waals surface area contributed by atoms with Crippen molar-refractivity contribution in [1.29, 1.82) is 0 Å². The Hall–Kier alpha value is -0.900. The SMILES string of the molecule is OC1(c2ccccc2)CCN(CC2CCCOC2)CC1. The number of benzene rings is 1. The van der Waals surface area contributed by atoms with Gasteiger partial charge in [0.25, 0.3) is 0 Å². The Morgan fingerprint density at radius 2 is 1.95 bits per heavy atom. The number of hydrogen-bond donors (Lipinski definition) is 1. The summed E-state index contributed by atoms with van der Waals surface area (Å²) in [7, 11) is 0. The van der Waals surface area contributed by atoms with Crippen LogP contribution in [0.25, 0.3) is 0 Å². The Balaban J connectivity index is 1.53. The summed E-state index contributed by atoms with van der Waals surface area (Å²) in [5.41, 5.74) is 0.446. The van der Waals surface area contributed by atoms with Gasteiger partial charge < -0.3 is 14.7 Å². The van der Waals surface area contributed by atoms with Crippen molar-refractivity contribution >= 4 is 0 Å². The van der Waals surface area contributed by atoms with E-state index in [-0.39, 0.29) is 0 Å². The minimum atomic E-state index is -0.624. The van der Waals surface area contributed by atoms with E-state index in [4.69, 9.17) is 4.74 Å². The molecule has 2 saturated heterocycles. The van der Waals surface area contributed by atoms with Crippen LogP contribution in [0.2, 0.25) is 0 Å². The number of rotatable bonds is 3. The van der Waals surface area contributed by atoms with Crippen LogP contribution >= 0.6 is 0 Å². The highest BCUT2D eigenvalue weighted by Gasteiger charge is 2.34. The van der Waals surface area contributed by atoms with Crippen molar-refractivity contribution in [2.24, 2.45) is 5.92 Å². The summed E-state index contributed by atoms with van der Waals surface area (Å²) in [6.45, 7) is 4.96. The molecule has 0 aliphatic carbocycles. The number of likely N-dealkylation sites (tertiary alicyclic amines) is 1. The topological polar surface area (TPSA) is 32.7 Å². The Morgan fingerprint density at radius 1 is 1.20 bits per heavy atom. The summed E-state index contributed by atoms with van der Waals surface area (Å²) in [5.74, 6) is 0.687. The average molecular weight is 275 g/mol. The van der Waals surface area contributed by atoms with Crippen LogP contribution in [0.3, 0.4) is 0 Å². The van der Waals surface area contributed by atoms with Gasteiger partial charge >= 0.3 is 0 Å². The lowest BCUT2D eigenvalue weighted by atomic mass is 9.84. The van der Waals surface area contributed by atoms with Crippen LogP contribution in [0.4, 0.5) is 0 Å². The van der Waals surface area contributed by atoms with E-state index in [1.54, 1.807) is 0 Å². The second-order valence-corrected chi connectivity index (χ2v) is 6.28. The van der Waals surface area contributed by atoms with Crippen molar-refractivity contribution in [3.8, 4) is 0 Å². The van der Waals surface area contributed by atoms with Crippen LogP contribution in [0.1, 0.15) is 31.2 Å². The third kappa shape index (κ3) is 3.22. The zero-order valence-electron chi connectivity index (χ0n) is 12.1. The maximum absolute atomic E-state index is 10.8. The van der Waals surface area contributed by atoms with Crippen molar-refractivity contribution in [2.75, 3.05) is 32.8 Å². The monoisotopic (exact) mass is 275 g/mol. The highest BCUT2D eigenvalue weighted by molar-refractivity contribution is 5.22. The third-order valence-corrected chi connectivity index (χ3v) is 4.77. The van der Waals surface area contributed by atoms with Gasteiger partial charge in [0.15, 0.2) is 0 Å². The number of nitrogens with zero attached hydrogens (tertiary/aromatic N) is 1. The van der Waals surface area contributed by atoms with Gasteiger partial charge in [0.2, 0.25) is 0 Å². The molecule has 1 aromatic rings. The molecule has 0 bridgehead atoms. The van der Waals surface area contributed by atoms with Gasteiger partial charge in [-0.3, -0.25) is 0 Å². The Morgan fingerprint density at radius 3 is 2.60 bits per heavy atom. The van der Waals surface area contributed by atoms with Crippen molar-refractivity contribution in [3.05, 3.63) is 35.9 Å². The highest BCUT2D eigenvalue weighted by Crippen LogP contribution is 2.33. The molecule has 3 heteroatoms. The fourth-order valence-electron chi connectivity index (χ4n) is 3.46. The average Bonchev–Trinajstić information content (AvgIpc) is 2.52. The number of ether oxygens (including phenoxy) is 1. The first-order valence-corrected chi connectivity index (χ1v) is 7.84. The van der Waals surface area contributed by atoms with Crippen molar-refractivity contribution in [2.45, 2.75) is 31.3 Å². The largest absolute Gasteiger partial charge is 0.385 e. The molecule has 0 radical (unpaired) electrons. The third-order valence-electron chi connectivity index (χ3n) is 4.77. The predicted molar refractivity (Wildman–Crippen MR) is 79.6 cm³/mol. The Labute approximate surface area is 121 Å². The van der Waals surface area contributed by atoms with Crippen LogP contribution in [0.15, 0.2) is 30.3 Å². The summed E-state index contributed by atoms with van der Waals surface area (Å²) in [6, 6.07) is 10.1. The van der Waals surface area contributed by atoms with E-state index >= 15 is 0 Å². The number of aliphatic hydroxyl groups is 1. The van der Waals surface area contributed by atoms with E-state index in [9.17, 15) is 5.11 Å². The molecule has 0 saturated carbocycles. The highest BCUT2D eigenvalue weighted by atomic mass is 16.5. The minimum Gasteiger partial charge on any atom is -0.385 e. The van der Waals surface area contributed by atoms with Crippen LogP contribution in [0, 0.1) is 5.92 Å². The lowest BCUT2D eigenvalue weighted by Crippen LogP contribution is -2.45. The standard InChI is InChI=1S/C17H25NO2/c19-17(16-6-2-1-3-7-16)8-10-18(11-9-17)13-15-5-4-12-20-14-15/h1-3,6-7,15,19H,4-5,8-14H2. The Kier molecular flexibility index (Phi) is 4.39. The molecule has 0 amide bonds. The van der Waals surface area contributed by atoms with E-state index < -0.39 is 5.60 Å². The summed E-state index contributed by atoms with van der Waals surface area (Å²) in [5, 5.41) is 10.8. The maximum Gasteiger partial charge on any atom is 0.0920 e. The minimum absolute atomic E-state index is 0.624. The second kappa shape index (κ2) is 6.25. The van der Waals surface area contributed by atoms with Crippen LogP contribution in [-0.2, 0) is 10.3 Å². The second-order valence-electron chi connectivity index (χ2n) is 6.28. The van der Waals surface area contributed by atoms with E-state index in [1.165, 1.54) is 12.8 Å². The molecule has 1 aromatic carbocycles. The van der Waals surface area contributed by atoms with Crippen LogP contribution in [-0.4, -0.2) is 42.9 Å². The van der Waals surface area contributed by atoms with Crippen molar-refractivity contribution in [1.82, 2.24) is 4.90 Å². The fourth-order valence-corrected chi connectivity index (χ4v) is 3.46. The summed E-state index contributed by atoms with van der Waals surface area (Å²) in [6.07, 6.45) is 4.17. The first-order valence-electron chi connectivity index (χ1n) is 7.84. The lowest BCUT2D eigenvalue weighted by molar-refractivity contribution is -0.0361. The molecular formula is C17H25NO2. The summed E-state index contributed by atoms with van der Waals surface area (Å²) < 4.78 is 5.56. The zero-order valence-corrected chi connectivity index (χ0v) is 12.1. The first kappa shape index (κ1) is 14.1. The first-order chi connectivity index (χ1) is 9.76. The van der Waals surface area contributed by atoms with Gasteiger partial charge in [-0.15, -0.1) is 0 Å². The zero-order chi connectivity index (χ0) is 13.8. The summed E-state index contributed by atoms with van der Waals surface area (Å²) >= 11 is 0. The molecule has 2 aliphatic heterocycles. The molecule has 3 nitrogen and oxygen atoms in total. The molecule has 0 aromatic heterocycles. The molecule has 0 spiro atoms. The van der Waals surface area contributed by atoms with Crippen LogP contribution < -0.4 is 0 Å². The van der Waals surface area contributed by atoms with E-state index in [0.29, 0.717) is 5.92 Å². The lowest BCUT2D eigenvalue weighted by Gasteiger charge is -2.40. The molecule has 2 aliphatic rings. The molecule has 110 valence electrons. The predicted octanol–water partition coefficient (Wildman–Crippen LogP) is 2.40. The molecule has 2 heterocycles. The van der Waals surface area contributed by atoms with E-state index in [1.807, 2.05) is 30.3 Å². The number of hydrogen-bond acceptors (Lipinski definition) is 3. The quantitative estimate of drug-likeness (QED) is 0.919. The van der Waals surface area contributed by atoms with Gasteiger partial charge in [-0.2, -0.15) is 0 Å². The molecule has 1 N–H and O–H groups in total. The summed E-state index contributed by atoms with van der Waals surface area (Å²) in [4.78, 5) is 2.50. The van der Waals surface area contributed by atoms with Gasteiger partial charge in [-0.05, 0) is 37.2 Å². The van der Waals surface area contributed by atoms with Crippen molar-refractivity contribution < 1.29 is 9.84 Å². The molecule has 1 unspecified atom stereocenters. The van der Waals surface area contributed by atoms with Gasteiger partial charge in [0, 0.05) is 26.2 Å². The molecular weight excluding hydrogens is 250 g/mol. The normalized spacial score (nSPS) is 27.4. The van der Waals surface area contributed by atoms with Crippen LogP contribution in [0.5, 0.6) is 0 Å². The Bertz CT molecular complexity index is 406. The van der Waals surface area contributed by atoms with E-state index in [0.717, 1.165) is 51.3 Å². The van der Waals surface area contributed by atoms with Gasteiger partial charge in [0.1, 0.15) is 0 Å². The van der Waals surface area contributed by atoms with Gasteiger partial charge in [-0.25, -0.2) is 0 Å². The van der Waals surface area contributed by atoms with Crippen molar-refractivity contribution in [3.63, 3.8) is 0 Å². The smallest absolute Gasteiger partial charge is 0.0920 e. The van der Waals surface area contributed by atoms with Gasteiger partial charge in [0.05, 0.1) is 12.2 Å². The molecule has 20 heavy (non-hydrogen) atoms. The fraction of sp³-hybridized carbons (Fsp3) is 0.647. The molecule has 2 fully saturated rings. The molecule has 1 atom stereocenters.